The molecule has 0 aliphatic carbocycles. The molecule has 3 aromatic rings. The van der Waals surface area contributed by atoms with Crippen LogP contribution in [0.5, 0.6) is 5.75 Å². The second-order valence-corrected chi connectivity index (χ2v) is 6.20. The van der Waals surface area contributed by atoms with Crippen molar-refractivity contribution in [3.63, 3.8) is 0 Å². The highest BCUT2D eigenvalue weighted by Gasteiger charge is 2.30. The first-order valence-corrected chi connectivity index (χ1v) is 9.35. The molecular formula is C24H18F3N3O4. The number of methoxy groups -OCH3 is 1. The van der Waals surface area contributed by atoms with Crippen molar-refractivity contribution in [2.45, 2.75) is 13.1 Å². The van der Waals surface area contributed by atoms with Gasteiger partial charge in [0.25, 0.3) is 0 Å². The van der Waals surface area contributed by atoms with Crippen LogP contribution in [-0.4, -0.2) is 25.3 Å². The maximum atomic E-state index is 12.1. The lowest BCUT2D eigenvalue weighted by Gasteiger charge is -2.05. The van der Waals surface area contributed by atoms with Crippen molar-refractivity contribution in [2.75, 3.05) is 7.11 Å². The fourth-order valence-electron chi connectivity index (χ4n) is 2.29. The molecule has 0 spiro atoms. The van der Waals surface area contributed by atoms with Gasteiger partial charge in [-0.1, -0.05) is 24.3 Å². The second kappa shape index (κ2) is 14.5. The van der Waals surface area contributed by atoms with Crippen LogP contribution in [0.25, 0.3) is 0 Å². The van der Waals surface area contributed by atoms with Gasteiger partial charge in [0.05, 0.1) is 29.7 Å². The molecule has 0 fully saturated rings. The highest BCUT2D eigenvalue weighted by Crippen LogP contribution is 2.31. The van der Waals surface area contributed by atoms with Gasteiger partial charge in [0, 0.05) is 6.07 Å². The fraction of sp³-hybridized carbons (Fsp3) is 0.125. The lowest BCUT2D eigenvalue weighted by atomic mass is 10.2. The van der Waals surface area contributed by atoms with Crippen LogP contribution in [0.15, 0.2) is 87.8 Å². The molecule has 34 heavy (non-hydrogen) atoms. The van der Waals surface area contributed by atoms with Crippen LogP contribution < -0.4 is 4.74 Å². The van der Waals surface area contributed by atoms with E-state index in [0.29, 0.717) is 17.1 Å². The molecule has 0 aliphatic rings. The summed E-state index contributed by atoms with van der Waals surface area (Å²) in [4.78, 5) is 39.4. The Kier molecular flexibility index (Phi) is 11.7. The van der Waals surface area contributed by atoms with Gasteiger partial charge in [-0.25, -0.2) is 14.4 Å². The first-order valence-electron chi connectivity index (χ1n) is 9.35. The maximum absolute atomic E-state index is 12.1. The molecule has 7 nitrogen and oxygen atoms in total. The zero-order valence-electron chi connectivity index (χ0n) is 18.0. The topological polar surface area (TPSA) is 97.5 Å². The van der Waals surface area contributed by atoms with E-state index in [-0.39, 0.29) is 5.69 Å². The standard InChI is InChI=1S/C8H4F3NO.C8H7NO2.C8H7NO/c9-8(10,11)6-2-1-3-7(4-6)12-5-13;1-11-8-4-2-3-7(5-8)9-6-10;1-7-3-2-4-8(5-7)9-6-10/h1-4H;2-5H,1H3;2-5H,1H3. The molecule has 174 valence electrons. The van der Waals surface area contributed by atoms with Crippen molar-refractivity contribution in [3.05, 3.63) is 83.9 Å². The number of isocyanates is 3. The summed E-state index contributed by atoms with van der Waals surface area (Å²) in [5.41, 5.74) is 1.43. The molecule has 3 aromatic carbocycles. The molecule has 0 amide bonds. The lowest BCUT2D eigenvalue weighted by Crippen LogP contribution is -2.03. The summed E-state index contributed by atoms with van der Waals surface area (Å²) in [5.74, 6) is 0.682. The van der Waals surface area contributed by atoms with E-state index in [0.717, 1.165) is 17.7 Å². The van der Waals surface area contributed by atoms with E-state index in [1.807, 2.05) is 25.1 Å². The van der Waals surface area contributed by atoms with Crippen molar-refractivity contribution < 1.29 is 32.3 Å². The zero-order valence-corrected chi connectivity index (χ0v) is 18.0. The Morgan fingerprint density at radius 3 is 1.65 bits per heavy atom. The summed E-state index contributed by atoms with van der Waals surface area (Å²) in [5, 5.41) is 0. The van der Waals surface area contributed by atoms with Gasteiger partial charge in [0.15, 0.2) is 0 Å². The maximum Gasteiger partial charge on any atom is 0.416 e. The van der Waals surface area contributed by atoms with Crippen molar-refractivity contribution in [3.8, 4) is 5.75 Å². The van der Waals surface area contributed by atoms with Crippen LogP contribution in [-0.2, 0) is 20.6 Å². The first kappa shape index (κ1) is 27.4. The molecule has 0 N–H and O–H groups in total. The molecule has 0 atom stereocenters. The minimum atomic E-state index is -4.41. The summed E-state index contributed by atoms with van der Waals surface area (Å²) in [7, 11) is 1.56. The number of halogens is 3. The second-order valence-electron chi connectivity index (χ2n) is 6.20. The third kappa shape index (κ3) is 10.6. The lowest BCUT2D eigenvalue weighted by molar-refractivity contribution is -0.137. The molecule has 0 unspecified atom stereocenters. The van der Waals surface area contributed by atoms with E-state index in [2.05, 4.69) is 15.0 Å². The number of aliphatic imine (C=N–C) groups is 3. The van der Waals surface area contributed by atoms with Gasteiger partial charge in [0.1, 0.15) is 5.75 Å². The van der Waals surface area contributed by atoms with Crippen LogP contribution in [0.4, 0.5) is 30.2 Å². The predicted molar refractivity (Wildman–Crippen MR) is 119 cm³/mol. The summed E-state index contributed by atoms with van der Waals surface area (Å²) < 4.78 is 41.1. The summed E-state index contributed by atoms with van der Waals surface area (Å²) in [6.07, 6.45) is -0.297. The fourth-order valence-corrected chi connectivity index (χ4v) is 2.29. The molecule has 0 saturated carbocycles. The van der Waals surface area contributed by atoms with Gasteiger partial charge in [-0.2, -0.15) is 28.1 Å². The van der Waals surface area contributed by atoms with E-state index in [9.17, 15) is 27.6 Å². The Hall–Kier alpha value is -4.61. The van der Waals surface area contributed by atoms with Gasteiger partial charge < -0.3 is 4.74 Å². The molecular weight excluding hydrogens is 451 g/mol. The van der Waals surface area contributed by atoms with Gasteiger partial charge >= 0.3 is 6.18 Å². The van der Waals surface area contributed by atoms with Crippen molar-refractivity contribution in [1.82, 2.24) is 0 Å². The van der Waals surface area contributed by atoms with E-state index in [1.165, 1.54) is 30.4 Å². The van der Waals surface area contributed by atoms with Gasteiger partial charge in [-0.05, 0) is 55.0 Å². The average Bonchev–Trinajstić information content (AvgIpc) is 2.81. The van der Waals surface area contributed by atoms with Crippen molar-refractivity contribution >= 4 is 35.3 Å². The van der Waals surface area contributed by atoms with Crippen LogP contribution >= 0.6 is 0 Å². The third-order valence-electron chi connectivity index (χ3n) is 3.75. The van der Waals surface area contributed by atoms with Crippen LogP contribution in [0, 0.1) is 6.92 Å². The third-order valence-corrected chi connectivity index (χ3v) is 3.75. The number of ether oxygens (including phenoxy) is 1. The Morgan fingerprint density at radius 2 is 1.18 bits per heavy atom. The molecule has 0 bridgehead atoms. The van der Waals surface area contributed by atoms with Crippen LogP contribution in [0.1, 0.15) is 11.1 Å². The summed E-state index contributed by atoms with van der Waals surface area (Å²) in [6.45, 7) is 1.95. The number of alkyl halides is 3. The summed E-state index contributed by atoms with van der Waals surface area (Å²) >= 11 is 0. The Morgan fingerprint density at radius 1 is 0.706 bits per heavy atom. The largest absolute Gasteiger partial charge is 0.497 e. The minimum absolute atomic E-state index is 0.0511. The van der Waals surface area contributed by atoms with E-state index in [1.54, 1.807) is 37.4 Å². The van der Waals surface area contributed by atoms with Crippen LogP contribution in [0.3, 0.4) is 0 Å². The monoisotopic (exact) mass is 469 g/mol. The van der Waals surface area contributed by atoms with E-state index >= 15 is 0 Å². The average molecular weight is 469 g/mol. The highest BCUT2D eigenvalue weighted by atomic mass is 19.4. The number of nitrogens with zero attached hydrogens (tertiary/aromatic N) is 3. The molecule has 0 heterocycles. The van der Waals surface area contributed by atoms with Gasteiger partial charge in [0.2, 0.25) is 18.2 Å². The number of rotatable bonds is 4. The van der Waals surface area contributed by atoms with Crippen molar-refractivity contribution in [1.29, 1.82) is 0 Å². The number of benzene rings is 3. The molecule has 0 aliphatic heterocycles. The Balaban J connectivity index is 0.000000257. The van der Waals surface area contributed by atoms with Gasteiger partial charge in [-0.3, -0.25) is 0 Å². The smallest absolute Gasteiger partial charge is 0.416 e. The van der Waals surface area contributed by atoms with Crippen LogP contribution in [0.2, 0.25) is 0 Å². The molecule has 0 radical (unpaired) electrons. The number of hydrogen-bond donors (Lipinski definition) is 0. The number of aryl methyl sites for hydroxylation is 1. The zero-order chi connectivity index (χ0) is 25.4. The molecule has 3 rings (SSSR count). The molecule has 0 aromatic heterocycles. The number of hydrogen-bond acceptors (Lipinski definition) is 7. The molecule has 10 heteroatoms. The summed E-state index contributed by atoms with van der Waals surface area (Å²) in [6, 6.07) is 18.4. The van der Waals surface area contributed by atoms with Crippen molar-refractivity contribution in [2.24, 2.45) is 15.0 Å². The quantitative estimate of drug-likeness (QED) is 0.331. The van der Waals surface area contributed by atoms with Gasteiger partial charge in [-0.15, -0.1) is 0 Å². The normalized spacial score (nSPS) is 9.32. The highest BCUT2D eigenvalue weighted by molar-refractivity contribution is 5.51. The SMILES string of the molecule is COc1cccc(N=C=O)c1.Cc1cccc(N=C=O)c1.O=C=Nc1cccc(C(F)(F)F)c1. The predicted octanol–water partition coefficient (Wildman–Crippen LogP) is 6.30. The minimum Gasteiger partial charge on any atom is -0.497 e. The number of carbonyl (C=O) groups excluding carboxylic acids is 3. The first-order chi connectivity index (χ1) is 16.2. The molecule has 0 saturated heterocycles. The van der Waals surface area contributed by atoms with E-state index < -0.39 is 11.7 Å². The van der Waals surface area contributed by atoms with E-state index in [4.69, 9.17) is 4.74 Å². The Labute approximate surface area is 193 Å². The Bertz CT molecular complexity index is 1230.